The lowest BCUT2D eigenvalue weighted by Gasteiger charge is -2.33. The summed E-state index contributed by atoms with van der Waals surface area (Å²) in [6.07, 6.45) is 0.867. The molecule has 1 amide bonds. The van der Waals surface area contributed by atoms with Crippen LogP contribution in [0.25, 0.3) is 11.4 Å². The fourth-order valence-corrected chi connectivity index (χ4v) is 3.10. The summed E-state index contributed by atoms with van der Waals surface area (Å²) in [5, 5.41) is 15.3. The number of ether oxygens (including phenoxy) is 1. The minimum Gasteiger partial charge on any atom is -0.497 e. The number of amides is 1. The normalized spacial score (nSPS) is 12.1. The van der Waals surface area contributed by atoms with Gasteiger partial charge >= 0.3 is 0 Å². The van der Waals surface area contributed by atoms with E-state index in [1.807, 2.05) is 38.1 Å². The third-order valence-electron chi connectivity index (χ3n) is 3.52. The fourth-order valence-electron chi connectivity index (χ4n) is 3.10. The Morgan fingerprint density at radius 3 is 2.60 bits per heavy atom. The van der Waals surface area contributed by atoms with Crippen LogP contribution in [0.3, 0.4) is 0 Å². The van der Waals surface area contributed by atoms with Gasteiger partial charge in [0.1, 0.15) is 12.3 Å². The third kappa shape index (κ3) is 5.85. The standard InChI is InChI=1S/C18H27N5O2/c1-17(2,3)12-18(4,5)19-15(24)11-23-21-16(20-22-23)13-8-7-9-14(10-13)25-6/h7-10H,11-12H2,1-6H3,(H,19,24). The number of hydrogen-bond acceptors (Lipinski definition) is 5. The lowest BCUT2D eigenvalue weighted by atomic mass is 9.82. The summed E-state index contributed by atoms with van der Waals surface area (Å²) >= 11 is 0. The lowest BCUT2D eigenvalue weighted by molar-refractivity contribution is -0.124. The molecule has 2 rings (SSSR count). The van der Waals surface area contributed by atoms with Crippen molar-refractivity contribution in [3.05, 3.63) is 24.3 Å². The van der Waals surface area contributed by atoms with Crippen LogP contribution in [0.1, 0.15) is 41.0 Å². The van der Waals surface area contributed by atoms with Gasteiger partial charge in [-0.2, -0.15) is 4.80 Å². The number of aromatic nitrogens is 4. The van der Waals surface area contributed by atoms with Crippen molar-refractivity contribution in [1.82, 2.24) is 25.5 Å². The molecule has 1 aromatic carbocycles. The first-order valence-electron chi connectivity index (χ1n) is 8.31. The van der Waals surface area contributed by atoms with Gasteiger partial charge in [-0.3, -0.25) is 4.79 Å². The van der Waals surface area contributed by atoms with Crippen LogP contribution >= 0.6 is 0 Å². The molecule has 0 aliphatic heterocycles. The SMILES string of the molecule is COc1cccc(-c2nnn(CC(=O)NC(C)(C)CC(C)(C)C)n2)c1. The molecule has 136 valence electrons. The molecule has 7 heteroatoms. The van der Waals surface area contributed by atoms with E-state index in [1.165, 1.54) is 4.80 Å². The number of hydrogen-bond donors (Lipinski definition) is 1. The van der Waals surface area contributed by atoms with Gasteiger partial charge in [0, 0.05) is 11.1 Å². The molecule has 0 saturated carbocycles. The maximum atomic E-state index is 12.3. The Hall–Kier alpha value is -2.44. The van der Waals surface area contributed by atoms with Crippen molar-refractivity contribution in [2.75, 3.05) is 7.11 Å². The lowest BCUT2D eigenvalue weighted by Crippen LogP contribution is -2.47. The largest absolute Gasteiger partial charge is 0.497 e. The summed E-state index contributed by atoms with van der Waals surface area (Å²) in [6, 6.07) is 7.40. The van der Waals surface area contributed by atoms with Crippen LogP contribution in [-0.2, 0) is 11.3 Å². The molecule has 0 aliphatic rings. The summed E-state index contributed by atoms with van der Waals surface area (Å²) in [4.78, 5) is 13.6. The first-order chi connectivity index (χ1) is 11.6. The van der Waals surface area contributed by atoms with Gasteiger partial charge in [0.15, 0.2) is 0 Å². The van der Waals surface area contributed by atoms with Crippen molar-refractivity contribution in [2.24, 2.45) is 5.41 Å². The number of methoxy groups -OCH3 is 1. The number of tetrazole rings is 1. The molecule has 1 heterocycles. The van der Waals surface area contributed by atoms with E-state index < -0.39 is 0 Å². The quantitative estimate of drug-likeness (QED) is 0.870. The van der Waals surface area contributed by atoms with Crippen LogP contribution in [0, 0.1) is 5.41 Å². The third-order valence-corrected chi connectivity index (χ3v) is 3.52. The van der Waals surface area contributed by atoms with E-state index in [2.05, 4.69) is 41.5 Å². The first kappa shape index (κ1) is 18.9. The summed E-state index contributed by atoms with van der Waals surface area (Å²) < 4.78 is 5.20. The minimum absolute atomic E-state index is 0.0323. The van der Waals surface area contributed by atoms with Crippen LogP contribution < -0.4 is 10.1 Å². The highest BCUT2D eigenvalue weighted by Crippen LogP contribution is 2.26. The highest BCUT2D eigenvalue weighted by molar-refractivity contribution is 5.76. The summed E-state index contributed by atoms with van der Waals surface area (Å²) in [6.45, 7) is 10.5. The van der Waals surface area contributed by atoms with Crippen molar-refractivity contribution in [3.63, 3.8) is 0 Å². The maximum Gasteiger partial charge on any atom is 0.244 e. The average molecular weight is 345 g/mol. The minimum atomic E-state index is -0.300. The van der Waals surface area contributed by atoms with Crippen LogP contribution in [0.2, 0.25) is 0 Å². The van der Waals surface area contributed by atoms with E-state index in [1.54, 1.807) is 7.11 Å². The van der Waals surface area contributed by atoms with Crippen LogP contribution in [-0.4, -0.2) is 38.8 Å². The summed E-state index contributed by atoms with van der Waals surface area (Å²) in [5.74, 6) is 1.04. The second-order valence-electron chi connectivity index (χ2n) is 8.04. The van der Waals surface area contributed by atoms with Gasteiger partial charge < -0.3 is 10.1 Å². The molecule has 0 unspecified atom stereocenters. The number of nitrogens with one attached hydrogen (secondary N) is 1. The highest BCUT2D eigenvalue weighted by atomic mass is 16.5. The van der Waals surface area contributed by atoms with Crippen molar-refractivity contribution < 1.29 is 9.53 Å². The fraction of sp³-hybridized carbons (Fsp3) is 0.556. The summed E-state index contributed by atoms with van der Waals surface area (Å²) in [7, 11) is 1.60. The Bertz CT molecular complexity index is 731. The van der Waals surface area contributed by atoms with Crippen molar-refractivity contribution in [3.8, 4) is 17.1 Å². The van der Waals surface area contributed by atoms with Gasteiger partial charge in [-0.1, -0.05) is 32.9 Å². The zero-order valence-corrected chi connectivity index (χ0v) is 15.8. The van der Waals surface area contributed by atoms with Gasteiger partial charge in [-0.25, -0.2) is 0 Å². The smallest absolute Gasteiger partial charge is 0.244 e. The monoisotopic (exact) mass is 345 g/mol. The maximum absolute atomic E-state index is 12.3. The van der Waals surface area contributed by atoms with E-state index in [4.69, 9.17) is 4.74 Å². The molecular formula is C18H27N5O2. The second kappa shape index (κ2) is 7.21. The predicted octanol–water partition coefficient (Wildman–Crippen LogP) is 2.68. The van der Waals surface area contributed by atoms with Crippen LogP contribution in [0.4, 0.5) is 0 Å². The van der Waals surface area contributed by atoms with Gasteiger partial charge in [0.25, 0.3) is 0 Å². The number of rotatable bonds is 6. The zero-order valence-electron chi connectivity index (χ0n) is 15.8. The molecule has 2 aromatic rings. The second-order valence-corrected chi connectivity index (χ2v) is 8.04. The Kier molecular flexibility index (Phi) is 5.45. The first-order valence-corrected chi connectivity index (χ1v) is 8.31. The van der Waals surface area contributed by atoms with Gasteiger partial charge in [0.05, 0.1) is 7.11 Å². The van der Waals surface area contributed by atoms with E-state index in [9.17, 15) is 4.79 Å². The van der Waals surface area contributed by atoms with Gasteiger partial charge in [-0.15, -0.1) is 10.2 Å². The van der Waals surface area contributed by atoms with Crippen LogP contribution in [0.15, 0.2) is 24.3 Å². The molecule has 0 saturated heterocycles. The van der Waals surface area contributed by atoms with Gasteiger partial charge in [0.2, 0.25) is 11.7 Å². The number of nitrogens with zero attached hydrogens (tertiary/aromatic N) is 4. The average Bonchev–Trinajstić information content (AvgIpc) is 2.92. The van der Waals surface area contributed by atoms with Crippen molar-refractivity contribution in [2.45, 2.75) is 53.1 Å². The Morgan fingerprint density at radius 2 is 1.96 bits per heavy atom. The molecule has 1 N–H and O–H groups in total. The van der Waals surface area contributed by atoms with E-state index in [0.717, 1.165) is 17.7 Å². The Balaban J connectivity index is 2.02. The Labute approximate surface area is 148 Å². The highest BCUT2D eigenvalue weighted by Gasteiger charge is 2.27. The van der Waals surface area contributed by atoms with Crippen LogP contribution in [0.5, 0.6) is 5.75 Å². The van der Waals surface area contributed by atoms with Crippen molar-refractivity contribution >= 4 is 5.91 Å². The molecule has 0 spiro atoms. The molecule has 25 heavy (non-hydrogen) atoms. The number of benzene rings is 1. The molecule has 1 aromatic heterocycles. The topological polar surface area (TPSA) is 81.9 Å². The predicted molar refractivity (Wildman–Crippen MR) is 96.1 cm³/mol. The van der Waals surface area contributed by atoms with E-state index in [-0.39, 0.29) is 23.4 Å². The molecule has 0 fully saturated rings. The molecule has 7 nitrogen and oxygen atoms in total. The summed E-state index contributed by atoms with van der Waals surface area (Å²) in [5.41, 5.74) is 0.618. The number of carbonyl (C=O) groups is 1. The molecule has 0 atom stereocenters. The molecule has 0 bridgehead atoms. The van der Waals surface area contributed by atoms with Gasteiger partial charge in [-0.05, 0) is 43.0 Å². The molecular weight excluding hydrogens is 318 g/mol. The van der Waals surface area contributed by atoms with Crippen molar-refractivity contribution in [1.29, 1.82) is 0 Å². The molecule has 0 aliphatic carbocycles. The van der Waals surface area contributed by atoms with E-state index in [0.29, 0.717) is 5.82 Å². The number of carbonyl (C=O) groups excluding carboxylic acids is 1. The Morgan fingerprint density at radius 1 is 1.24 bits per heavy atom. The van der Waals surface area contributed by atoms with E-state index >= 15 is 0 Å². The zero-order chi connectivity index (χ0) is 18.7. The molecule has 0 radical (unpaired) electrons.